The monoisotopic (exact) mass is 345 g/mol. The highest BCUT2D eigenvalue weighted by Crippen LogP contribution is 2.26. The molecular formula is C17H19N3O3S. The van der Waals surface area contributed by atoms with Gasteiger partial charge in [-0.05, 0) is 48.7 Å². The highest BCUT2D eigenvalue weighted by atomic mass is 32.2. The van der Waals surface area contributed by atoms with Crippen molar-refractivity contribution in [1.82, 2.24) is 9.73 Å². The van der Waals surface area contributed by atoms with Gasteiger partial charge < -0.3 is 4.74 Å². The van der Waals surface area contributed by atoms with E-state index >= 15 is 0 Å². The number of amides is 2. The van der Waals surface area contributed by atoms with Gasteiger partial charge in [0.05, 0.1) is 18.8 Å². The van der Waals surface area contributed by atoms with Crippen molar-refractivity contribution in [2.24, 2.45) is 0 Å². The van der Waals surface area contributed by atoms with Crippen molar-refractivity contribution in [3.05, 3.63) is 60.2 Å². The molecule has 0 aliphatic rings. The van der Waals surface area contributed by atoms with Crippen molar-refractivity contribution in [1.29, 1.82) is 0 Å². The van der Waals surface area contributed by atoms with E-state index in [-0.39, 0.29) is 6.09 Å². The lowest BCUT2D eigenvalue weighted by atomic mass is 10.2. The smallest absolute Gasteiger partial charge is 0.420 e. The van der Waals surface area contributed by atoms with Gasteiger partial charge in [-0.2, -0.15) is 0 Å². The molecule has 0 spiro atoms. The molecule has 2 aromatic rings. The summed E-state index contributed by atoms with van der Waals surface area (Å²) in [5.41, 5.74) is 6.86. The normalized spacial score (nSPS) is 9.88. The van der Waals surface area contributed by atoms with Gasteiger partial charge in [-0.3, -0.25) is 15.6 Å². The maximum absolute atomic E-state index is 12.2. The first kappa shape index (κ1) is 17.7. The number of ether oxygens (including phenoxy) is 1. The molecule has 6 nitrogen and oxygen atoms in total. The maximum Gasteiger partial charge on any atom is 0.420 e. The highest BCUT2D eigenvalue weighted by molar-refractivity contribution is 7.97. The number of carbonyl (C=O) groups is 2. The average Bonchev–Trinajstić information content (AvgIpc) is 2.61. The Labute approximate surface area is 145 Å². The quantitative estimate of drug-likeness (QED) is 0.436. The van der Waals surface area contributed by atoms with Crippen LogP contribution in [-0.4, -0.2) is 23.4 Å². The van der Waals surface area contributed by atoms with E-state index in [9.17, 15) is 9.59 Å². The molecule has 0 aliphatic carbocycles. The Morgan fingerprint density at radius 2 is 1.88 bits per heavy atom. The molecule has 0 aromatic heterocycles. The van der Waals surface area contributed by atoms with Crippen molar-refractivity contribution in [2.75, 3.05) is 12.0 Å². The van der Waals surface area contributed by atoms with Crippen LogP contribution in [0.3, 0.4) is 0 Å². The molecule has 0 bridgehead atoms. The van der Waals surface area contributed by atoms with E-state index < -0.39 is 0 Å². The fourth-order valence-electron chi connectivity index (χ4n) is 1.92. The molecule has 2 N–H and O–H groups in total. The number of benzene rings is 2. The lowest BCUT2D eigenvalue weighted by molar-refractivity contribution is -0.109. The first-order valence-electron chi connectivity index (χ1n) is 7.44. The van der Waals surface area contributed by atoms with Crippen LogP contribution in [0.15, 0.2) is 59.5 Å². The second-order valence-electron chi connectivity index (χ2n) is 4.72. The van der Waals surface area contributed by atoms with Crippen LogP contribution < -0.4 is 10.9 Å². The number of hydrogen-bond acceptors (Lipinski definition) is 5. The third-order valence-corrected chi connectivity index (χ3v) is 3.97. The summed E-state index contributed by atoms with van der Waals surface area (Å²) in [4.78, 5) is 23.3. The molecule has 0 aliphatic heterocycles. The van der Waals surface area contributed by atoms with Crippen molar-refractivity contribution in [3.8, 4) is 0 Å². The number of nitrogens with zero attached hydrogens (tertiary/aromatic N) is 1. The van der Waals surface area contributed by atoms with Crippen LogP contribution in [0.25, 0.3) is 0 Å². The summed E-state index contributed by atoms with van der Waals surface area (Å²) >= 11 is 1.31. The van der Waals surface area contributed by atoms with E-state index in [4.69, 9.17) is 4.74 Å². The molecule has 0 saturated heterocycles. The number of anilines is 1. The fourth-order valence-corrected chi connectivity index (χ4v) is 2.77. The number of hydrogen-bond donors (Lipinski definition) is 2. The summed E-state index contributed by atoms with van der Waals surface area (Å²) in [6, 6.07) is 17.1. The van der Waals surface area contributed by atoms with Gasteiger partial charge in [0.25, 0.3) is 0 Å². The van der Waals surface area contributed by atoms with Gasteiger partial charge in [0.1, 0.15) is 0 Å². The highest BCUT2D eigenvalue weighted by Gasteiger charge is 2.17. The van der Waals surface area contributed by atoms with Gasteiger partial charge in [-0.15, -0.1) is 0 Å². The summed E-state index contributed by atoms with van der Waals surface area (Å²) in [7, 11) is 0. The van der Waals surface area contributed by atoms with Gasteiger partial charge in [-0.25, -0.2) is 9.10 Å². The number of nitrogens with one attached hydrogen (secondary N) is 2. The minimum absolute atomic E-state index is 0.324. The van der Waals surface area contributed by atoms with E-state index in [1.54, 1.807) is 11.2 Å². The van der Waals surface area contributed by atoms with Crippen LogP contribution in [0.2, 0.25) is 0 Å². The van der Waals surface area contributed by atoms with E-state index in [1.807, 2.05) is 54.6 Å². The molecule has 0 unspecified atom stereocenters. The molecule has 0 saturated carbocycles. The summed E-state index contributed by atoms with van der Waals surface area (Å²) in [6.07, 6.45) is 0.182. The summed E-state index contributed by atoms with van der Waals surface area (Å²) in [5, 5.41) is 0. The van der Waals surface area contributed by atoms with Crippen molar-refractivity contribution in [3.63, 3.8) is 0 Å². The topological polar surface area (TPSA) is 70.7 Å². The predicted molar refractivity (Wildman–Crippen MR) is 94.1 cm³/mol. The first-order chi connectivity index (χ1) is 11.7. The second-order valence-corrected chi connectivity index (χ2v) is 5.82. The van der Waals surface area contributed by atoms with Crippen molar-refractivity contribution >= 4 is 30.1 Å². The lowest BCUT2D eigenvalue weighted by Gasteiger charge is -2.20. The van der Waals surface area contributed by atoms with Crippen molar-refractivity contribution < 1.29 is 14.3 Å². The summed E-state index contributed by atoms with van der Waals surface area (Å²) < 4.78 is 6.70. The average molecular weight is 345 g/mol. The summed E-state index contributed by atoms with van der Waals surface area (Å²) in [5.74, 6) is 0. The van der Waals surface area contributed by atoms with Gasteiger partial charge in [0.15, 0.2) is 0 Å². The zero-order chi connectivity index (χ0) is 17.2. The molecular weight excluding hydrogens is 326 g/mol. The Hall–Kier alpha value is -2.67. The van der Waals surface area contributed by atoms with E-state index in [0.717, 1.165) is 16.1 Å². The van der Waals surface area contributed by atoms with Crippen LogP contribution in [0, 0.1) is 0 Å². The third-order valence-electron chi connectivity index (χ3n) is 2.99. The first-order valence-corrected chi connectivity index (χ1v) is 8.21. The Balaban J connectivity index is 2.06. The molecule has 0 heterocycles. The zero-order valence-corrected chi connectivity index (χ0v) is 14.1. The van der Waals surface area contributed by atoms with Crippen molar-refractivity contribution in [2.45, 2.75) is 18.4 Å². The molecule has 0 fully saturated rings. The second kappa shape index (κ2) is 9.46. The number of hydrazine groups is 1. The molecule has 126 valence electrons. The number of carbonyl (C=O) groups excluding carboxylic acids is 2. The van der Waals surface area contributed by atoms with Gasteiger partial charge in [-0.1, -0.05) is 30.3 Å². The Kier molecular flexibility index (Phi) is 6.97. The SMILES string of the molecule is CCOC(=O)N(Cc1ccccc1)Sc1ccc(NNC=O)cc1. The van der Waals surface area contributed by atoms with Crippen LogP contribution >= 0.6 is 11.9 Å². The Bertz CT molecular complexity index is 650. The molecule has 7 heteroatoms. The van der Waals surface area contributed by atoms with E-state index in [1.165, 1.54) is 11.9 Å². The van der Waals surface area contributed by atoms with Crippen LogP contribution in [0.1, 0.15) is 12.5 Å². The summed E-state index contributed by atoms with van der Waals surface area (Å²) in [6.45, 7) is 2.55. The zero-order valence-electron chi connectivity index (χ0n) is 13.3. The van der Waals surface area contributed by atoms with Crippen LogP contribution in [0.4, 0.5) is 10.5 Å². The minimum atomic E-state index is -0.379. The Morgan fingerprint density at radius 1 is 1.17 bits per heavy atom. The largest absolute Gasteiger partial charge is 0.449 e. The molecule has 2 amide bonds. The lowest BCUT2D eigenvalue weighted by Crippen LogP contribution is -2.24. The standard InChI is InChI=1S/C17H19N3O3S/c1-2-23-17(22)20(12-14-6-4-3-5-7-14)24-16-10-8-15(9-11-16)19-18-13-21/h3-11,13,19H,2,12H2,1H3,(H,18,21). The van der Waals surface area contributed by atoms with Gasteiger partial charge >= 0.3 is 6.09 Å². The van der Waals surface area contributed by atoms with E-state index in [2.05, 4.69) is 10.9 Å². The van der Waals surface area contributed by atoms with Crippen LogP contribution in [0.5, 0.6) is 0 Å². The maximum atomic E-state index is 12.2. The molecule has 2 rings (SSSR count). The fraction of sp³-hybridized carbons (Fsp3) is 0.176. The van der Waals surface area contributed by atoms with Gasteiger partial charge in [0.2, 0.25) is 6.41 Å². The van der Waals surface area contributed by atoms with E-state index in [0.29, 0.717) is 19.6 Å². The predicted octanol–water partition coefficient (Wildman–Crippen LogP) is 3.43. The molecule has 2 aromatic carbocycles. The minimum Gasteiger partial charge on any atom is -0.449 e. The molecule has 24 heavy (non-hydrogen) atoms. The Morgan fingerprint density at radius 3 is 2.50 bits per heavy atom. The third kappa shape index (κ3) is 5.51. The van der Waals surface area contributed by atoms with Gasteiger partial charge in [0, 0.05) is 4.90 Å². The molecule has 0 radical (unpaired) electrons. The number of rotatable bonds is 8. The molecule has 0 atom stereocenters. The van der Waals surface area contributed by atoms with Crippen LogP contribution in [-0.2, 0) is 16.1 Å².